The molecule has 2 heteroatoms. The van der Waals surface area contributed by atoms with Crippen molar-refractivity contribution in [2.45, 2.75) is 46.2 Å². The fourth-order valence-electron chi connectivity index (χ4n) is 2.21. The molecule has 1 unspecified atom stereocenters. The molecule has 2 rings (SSSR count). The summed E-state index contributed by atoms with van der Waals surface area (Å²) < 4.78 is 0. The third-order valence-corrected chi connectivity index (χ3v) is 4.49. The summed E-state index contributed by atoms with van der Waals surface area (Å²) >= 11 is 1.78. The number of hydrogen-bond donors (Lipinski definition) is 1. The van der Waals surface area contributed by atoms with Crippen molar-refractivity contribution < 1.29 is 0 Å². The zero-order valence-electron chi connectivity index (χ0n) is 12.1. The molecule has 2 aromatic rings. The summed E-state index contributed by atoms with van der Waals surface area (Å²) in [5.74, 6) is 0. The van der Waals surface area contributed by atoms with Crippen LogP contribution in [0.25, 0.3) is 0 Å². The molecule has 0 aliphatic carbocycles. The molecule has 19 heavy (non-hydrogen) atoms. The fraction of sp³-hybridized carbons (Fsp3) is 0.412. The molecule has 0 spiro atoms. The van der Waals surface area contributed by atoms with Gasteiger partial charge in [-0.1, -0.05) is 37.6 Å². The number of thiophene rings is 1. The van der Waals surface area contributed by atoms with E-state index in [2.05, 4.69) is 61.1 Å². The van der Waals surface area contributed by atoms with E-state index in [1.165, 1.54) is 35.1 Å². The molecule has 0 saturated carbocycles. The smallest absolute Gasteiger partial charge is 0.0294 e. The molecule has 0 aliphatic heterocycles. The van der Waals surface area contributed by atoms with Crippen LogP contribution >= 0.6 is 11.3 Å². The van der Waals surface area contributed by atoms with Crippen LogP contribution in [-0.2, 0) is 13.0 Å². The maximum atomic E-state index is 3.60. The van der Waals surface area contributed by atoms with Gasteiger partial charge in [-0.15, -0.1) is 0 Å². The summed E-state index contributed by atoms with van der Waals surface area (Å²) in [6.07, 6.45) is 2.39. The van der Waals surface area contributed by atoms with E-state index in [1.807, 2.05) is 0 Å². The van der Waals surface area contributed by atoms with Crippen molar-refractivity contribution in [1.29, 1.82) is 0 Å². The molecule has 0 amide bonds. The van der Waals surface area contributed by atoms with Crippen molar-refractivity contribution >= 4 is 11.3 Å². The average molecular weight is 273 g/mol. The summed E-state index contributed by atoms with van der Waals surface area (Å²) in [7, 11) is 0. The minimum absolute atomic E-state index is 0.398. The molecule has 1 aromatic heterocycles. The molecule has 0 fully saturated rings. The highest BCUT2D eigenvalue weighted by Crippen LogP contribution is 2.17. The average Bonchev–Trinajstić information content (AvgIpc) is 2.83. The molecule has 1 N–H and O–H groups in total. The number of nitrogens with one attached hydrogen (secondary N) is 1. The standard InChI is InChI=1S/C17H23NS/c1-4-5-15-6-8-16(9-7-15)14(3)18-10-17-12-19-11-13(17)2/h6-9,11-12,14,18H,4-5,10H2,1-3H3. The first-order chi connectivity index (χ1) is 9.20. The van der Waals surface area contributed by atoms with Gasteiger partial charge in [0.05, 0.1) is 0 Å². The van der Waals surface area contributed by atoms with Crippen LogP contribution in [0.4, 0.5) is 0 Å². The van der Waals surface area contributed by atoms with E-state index in [0.717, 1.165) is 6.54 Å². The van der Waals surface area contributed by atoms with Crippen molar-refractivity contribution in [3.63, 3.8) is 0 Å². The van der Waals surface area contributed by atoms with E-state index < -0.39 is 0 Å². The van der Waals surface area contributed by atoms with Gasteiger partial charge in [-0.25, -0.2) is 0 Å². The van der Waals surface area contributed by atoms with E-state index in [-0.39, 0.29) is 0 Å². The summed E-state index contributed by atoms with van der Waals surface area (Å²) in [5.41, 5.74) is 5.61. The first kappa shape index (κ1) is 14.3. The predicted octanol–water partition coefficient (Wildman–Crippen LogP) is 4.86. The van der Waals surface area contributed by atoms with Gasteiger partial charge in [0.2, 0.25) is 0 Å². The Kier molecular flexibility index (Phi) is 5.17. The van der Waals surface area contributed by atoms with Crippen molar-refractivity contribution in [3.05, 3.63) is 57.3 Å². The minimum atomic E-state index is 0.398. The van der Waals surface area contributed by atoms with Crippen LogP contribution in [0.2, 0.25) is 0 Å². The van der Waals surface area contributed by atoms with Gasteiger partial charge in [-0.3, -0.25) is 0 Å². The zero-order chi connectivity index (χ0) is 13.7. The second-order valence-corrected chi connectivity index (χ2v) is 5.92. The SMILES string of the molecule is CCCc1ccc(C(C)NCc2cscc2C)cc1. The lowest BCUT2D eigenvalue weighted by atomic mass is 10.0. The summed E-state index contributed by atoms with van der Waals surface area (Å²) in [6, 6.07) is 9.42. The monoisotopic (exact) mass is 273 g/mol. The second-order valence-electron chi connectivity index (χ2n) is 5.17. The van der Waals surface area contributed by atoms with Gasteiger partial charge in [0.1, 0.15) is 0 Å². The predicted molar refractivity (Wildman–Crippen MR) is 84.7 cm³/mol. The lowest BCUT2D eigenvalue weighted by Gasteiger charge is -2.14. The Morgan fingerprint density at radius 2 is 1.89 bits per heavy atom. The van der Waals surface area contributed by atoms with E-state index in [0.29, 0.717) is 6.04 Å². The first-order valence-electron chi connectivity index (χ1n) is 7.04. The van der Waals surface area contributed by atoms with Crippen molar-refractivity contribution in [3.8, 4) is 0 Å². The van der Waals surface area contributed by atoms with Gasteiger partial charge in [0.25, 0.3) is 0 Å². The van der Waals surface area contributed by atoms with Crippen LogP contribution in [0.15, 0.2) is 35.0 Å². The van der Waals surface area contributed by atoms with Crippen molar-refractivity contribution in [2.75, 3.05) is 0 Å². The van der Waals surface area contributed by atoms with Crippen LogP contribution in [0.1, 0.15) is 48.6 Å². The van der Waals surface area contributed by atoms with Gasteiger partial charge >= 0.3 is 0 Å². The molecule has 0 radical (unpaired) electrons. The Balaban J connectivity index is 1.92. The molecule has 1 aromatic carbocycles. The third kappa shape index (κ3) is 3.92. The van der Waals surface area contributed by atoms with E-state index in [4.69, 9.17) is 0 Å². The van der Waals surface area contributed by atoms with Gasteiger partial charge in [0, 0.05) is 12.6 Å². The molecule has 1 atom stereocenters. The Morgan fingerprint density at radius 3 is 2.47 bits per heavy atom. The number of aryl methyl sites for hydroxylation is 2. The molecule has 0 bridgehead atoms. The summed E-state index contributed by atoms with van der Waals surface area (Å²) in [4.78, 5) is 0. The fourth-order valence-corrected chi connectivity index (χ4v) is 3.07. The van der Waals surface area contributed by atoms with Gasteiger partial charge < -0.3 is 5.32 Å². The van der Waals surface area contributed by atoms with E-state index in [1.54, 1.807) is 11.3 Å². The van der Waals surface area contributed by atoms with Gasteiger partial charge in [0.15, 0.2) is 0 Å². The van der Waals surface area contributed by atoms with Crippen molar-refractivity contribution in [1.82, 2.24) is 5.32 Å². The zero-order valence-corrected chi connectivity index (χ0v) is 12.9. The maximum absolute atomic E-state index is 3.60. The lowest BCUT2D eigenvalue weighted by Crippen LogP contribution is -2.18. The van der Waals surface area contributed by atoms with Gasteiger partial charge in [-0.2, -0.15) is 11.3 Å². The molecular formula is C17H23NS. The van der Waals surface area contributed by atoms with Crippen LogP contribution in [0, 0.1) is 6.92 Å². The molecule has 1 heterocycles. The maximum Gasteiger partial charge on any atom is 0.0294 e. The third-order valence-electron chi connectivity index (χ3n) is 3.58. The first-order valence-corrected chi connectivity index (χ1v) is 7.99. The van der Waals surface area contributed by atoms with Crippen LogP contribution in [-0.4, -0.2) is 0 Å². The molecule has 0 saturated heterocycles. The molecule has 102 valence electrons. The molecule has 0 aliphatic rings. The Hall–Kier alpha value is -1.12. The van der Waals surface area contributed by atoms with Gasteiger partial charge in [-0.05, 0) is 53.3 Å². The van der Waals surface area contributed by atoms with Crippen LogP contribution in [0.5, 0.6) is 0 Å². The van der Waals surface area contributed by atoms with E-state index >= 15 is 0 Å². The van der Waals surface area contributed by atoms with E-state index in [9.17, 15) is 0 Å². The minimum Gasteiger partial charge on any atom is -0.306 e. The Labute approximate surface area is 120 Å². The number of benzene rings is 1. The highest BCUT2D eigenvalue weighted by atomic mass is 32.1. The molecular weight excluding hydrogens is 250 g/mol. The molecule has 1 nitrogen and oxygen atoms in total. The van der Waals surface area contributed by atoms with Crippen LogP contribution in [0.3, 0.4) is 0 Å². The second kappa shape index (κ2) is 6.88. The number of rotatable bonds is 6. The quantitative estimate of drug-likeness (QED) is 0.792. The highest BCUT2D eigenvalue weighted by Gasteiger charge is 2.06. The Morgan fingerprint density at radius 1 is 1.16 bits per heavy atom. The Bertz CT molecular complexity index is 498. The number of hydrogen-bond acceptors (Lipinski definition) is 2. The van der Waals surface area contributed by atoms with Crippen LogP contribution < -0.4 is 5.32 Å². The highest BCUT2D eigenvalue weighted by molar-refractivity contribution is 7.08. The lowest BCUT2D eigenvalue weighted by molar-refractivity contribution is 0.574. The summed E-state index contributed by atoms with van der Waals surface area (Å²) in [5, 5.41) is 8.05. The summed E-state index contributed by atoms with van der Waals surface area (Å²) in [6.45, 7) is 7.59. The normalized spacial score (nSPS) is 12.6. The topological polar surface area (TPSA) is 12.0 Å². The largest absolute Gasteiger partial charge is 0.306 e. The van der Waals surface area contributed by atoms with Crippen molar-refractivity contribution in [2.24, 2.45) is 0 Å².